The van der Waals surface area contributed by atoms with Gasteiger partial charge >= 0.3 is 0 Å². The van der Waals surface area contributed by atoms with Gasteiger partial charge in [-0.15, -0.1) is 0 Å². The van der Waals surface area contributed by atoms with Crippen molar-refractivity contribution in [2.75, 3.05) is 12.3 Å². The van der Waals surface area contributed by atoms with Crippen molar-refractivity contribution in [1.29, 1.82) is 0 Å². The van der Waals surface area contributed by atoms with Crippen LogP contribution in [0.15, 0.2) is 60.7 Å². The summed E-state index contributed by atoms with van der Waals surface area (Å²) in [7, 11) is -0.139. The Morgan fingerprint density at radius 2 is 0.867 bits per heavy atom. The van der Waals surface area contributed by atoms with Crippen molar-refractivity contribution >= 4 is 26.5 Å². The van der Waals surface area contributed by atoms with Crippen LogP contribution in [0.25, 0.3) is 0 Å². The van der Waals surface area contributed by atoms with Crippen molar-refractivity contribution in [3.63, 3.8) is 0 Å². The van der Waals surface area contributed by atoms with Crippen molar-refractivity contribution in [3.05, 3.63) is 60.7 Å². The summed E-state index contributed by atoms with van der Waals surface area (Å²) in [5.74, 6) is 0. The van der Waals surface area contributed by atoms with E-state index in [-0.39, 0.29) is 15.8 Å². The Morgan fingerprint density at radius 1 is 0.500 bits per heavy atom. The third kappa shape index (κ3) is 8.81. The van der Waals surface area contributed by atoms with Crippen molar-refractivity contribution in [3.8, 4) is 0 Å². The summed E-state index contributed by atoms with van der Waals surface area (Å²) in [6.45, 7) is 14.7. The van der Waals surface area contributed by atoms with Gasteiger partial charge in [-0.1, -0.05) is 136 Å². The highest BCUT2D eigenvalue weighted by Crippen LogP contribution is 2.59. The number of hydrogen-bond donors (Lipinski definition) is 0. The summed E-state index contributed by atoms with van der Waals surface area (Å²) in [6.07, 6.45) is 11.1. The second-order valence-corrected chi connectivity index (χ2v) is 16.8. The third-order valence-corrected chi connectivity index (χ3v) is 12.4. The quantitative estimate of drug-likeness (QED) is 0.242. The molecule has 0 heterocycles. The van der Waals surface area contributed by atoms with Gasteiger partial charge in [-0.25, -0.2) is 0 Å². The maximum atomic E-state index is 2.45. The molecule has 0 spiro atoms. The van der Waals surface area contributed by atoms with E-state index in [1.165, 1.54) is 61.5 Å². The van der Waals surface area contributed by atoms with Crippen LogP contribution in [-0.2, 0) is 0 Å². The highest BCUT2D eigenvalue weighted by atomic mass is 31.1. The van der Waals surface area contributed by atoms with E-state index in [9.17, 15) is 0 Å². The first-order valence-corrected chi connectivity index (χ1v) is 14.9. The number of benzene rings is 2. The second-order valence-electron chi connectivity index (χ2n) is 10.4. The fourth-order valence-electron chi connectivity index (χ4n) is 4.55. The molecule has 0 nitrogen and oxygen atoms in total. The van der Waals surface area contributed by atoms with Gasteiger partial charge < -0.3 is 0 Å². The average Bonchev–Trinajstić information content (AvgIpc) is 2.69. The van der Waals surface area contributed by atoms with E-state index in [1.807, 2.05) is 0 Å². The molecule has 30 heavy (non-hydrogen) atoms. The molecule has 0 aliphatic carbocycles. The predicted octanol–water partition coefficient (Wildman–Crippen LogP) is 8.54. The first-order valence-electron chi connectivity index (χ1n) is 11.8. The maximum absolute atomic E-state index is 2.45. The Hall–Kier alpha value is -0.700. The van der Waals surface area contributed by atoms with Crippen molar-refractivity contribution in [1.82, 2.24) is 0 Å². The van der Waals surface area contributed by atoms with Gasteiger partial charge in [0.1, 0.15) is 0 Å². The van der Waals surface area contributed by atoms with Gasteiger partial charge in [0.25, 0.3) is 0 Å². The van der Waals surface area contributed by atoms with E-state index in [1.54, 1.807) is 0 Å². The summed E-state index contributed by atoms with van der Waals surface area (Å²) in [5.41, 5.74) is 0. The van der Waals surface area contributed by atoms with Gasteiger partial charge in [-0.3, -0.25) is 0 Å². The van der Waals surface area contributed by atoms with Crippen LogP contribution in [-0.4, -0.2) is 22.6 Å². The van der Waals surface area contributed by atoms with Gasteiger partial charge in [-0.2, -0.15) is 0 Å². The molecule has 0 saturated carbocycles. The standard InChI is InChI=1S/C28H44P2/c1-27(2,3)30(28(4,5)6)24-18-10-8-7-9-17-23-29(25-19-13-11-14-20-25)26-21-15-12-16-22-26/h11-16,19-22H,7-10,17-18,23-24H2,1-6H3. The molecule has 166 valence electrons. The van der Waals surface area contributed by atoms with Gasteiger partial charge in [-0.05, 0) is 54.0 Å². The Kier molecular flexibility index (Phi) is 10.5. The summed E-state index contributed by atoms with van der Waals surface area (Å²) < 4.78 is 0. The lowest BCUT2D eigenvalue weighted by atomic mass is 10.1. The molecular formula is C28H44P2. The van der Waals surface area contributed by atoms with Crippen LogP contribution < -0.4 is 10.6 Å². The largest absolute Gasteiger partial charge is 0.0956 e. The summed E-state index contributed by atoms with van der Waals surface area (Å²) in [5, 5.41) is 3.99. The maximum Gasteiger partial charge on any atom is -0.0175 e. The number of hydrogen-bond acceptors (Lipinski definition) is 0. The van der Waals surface area contributed by atoms with Crippen LogP contribution >= 0.6 is 15.8 Å². The molecule has 0 amide bonds. The van der Waals surface area contributed by atoms with Crippen LogP contribution in [0.5, 0.6) is 0 Å². The molecule has 0 fully saturated rings. The normalized spacial score (nSPS) is 12.7. The Labute approximate surface area is 189 Å². The highest BCUT2D eigenvalue weighted by molar-refractivity contribution is 7.73. The Bertz CT molecular complexity index is 641. The van der Waals surface area contributed by atoms with Crippen LogP contribution in [0, 0.1) is 0 Å². The molecule has 0 radical (unpaired) electrons. The molecule has 0 saturated heterocycles. The zero-order chi connectivity index (χ0) is 22.0. The highest BCUT2D eigenvalue weighted by Gasteiger charge is 2.33. The molecule has 0 N–H and O–H groups in total. The van der Waals surface area contributed by atoms with E-state index >= 15 is 0 Å². The molecular weight excluding hydrogens is 398 g/mol. The van der Waals surface area contributed by atoms with Crippen LogP contribution in [0.1, 0.15) is 80.1 Å². The molecule has 2 rings (SSSR count). The second kappa shape index (κ2) is 12.4. The minimum atomic E-state index is -0.211. The van der Waals surface area contributed by atoms with Gasteiger partial charge in [0.05, 0.1) is 0 Å². The minimum Gasteiger partial charge on any atom is -0.0956 e. The van der Waals surface area contributed by atoms with E-state index in [4.69, 9.17) is 0 Å². The molecule has 2 aromatic carbocycles. The summed E-state index contributed by atoms with van der Waals surface area (Å²) in [4.78, 5) is 0. The molecule has 0 aliphatic heterocycles. The monoisotopic (exact) mass is 442 g/mol. The first kappa shape index (κ1) is 25.6. The van der Waals surface area contributed by atoms with Gasteiger partial charge in [0.15, 0.2) is 0 Å². The predicted molar refractivity (Wildman–Crippen MR) is 143 cm³/mol. The van der Waals surface area contributed by atoms with Crippen LogP contribution in [0.2, 0.25) is 0 Å². The SMILES string of the molecule is CC(C)(C)P(CCCCCCCCP(c1ccccc1)c1ccccc1)C(C)(C)C. The fraction of sp³-hybridized carbons (Fsp3) is 0.571. The molecule has 0 bridgehead atoms. The zero-order valence-electron chi connectivity index (χ0n) is 20.3. The van der Waals surface area contributed by atoms with Crippen LogP contribution in [0.4, 0.5) is 0 Å². The molecule has 0 unspecified atom stereocenters. The van der Waals surface area contributed by atoms with Crippen LogP contribution in [0.3, 0.4) is 0 Å². The molecule has 0 atom stereocenters. The number of rotatable bonds is 11. The third-order valence-electron chi connectivity index (χ3n) is 5.77. The Balaban J connectivity index is 1.72. The minimum absolute atomic E-state index is 0.0720. The first-order chi connectivity index (χ1) is 14.2. The molecule has 2 aromatic rings. The molecule has 0 aromatic heterocycles. The lowest BCUT2D eigenvalue weighted by molar-refractivity contribution is 0.621. The van der Waals surface area contributed by atoms with Crippen molar-refractivity contribution < 1.29 is 0 Å². The fourth-order valence-corrected chi connectivity index (χ4v) is 10.9. The van der Waals surface area contributed by atoms with E-state index in [0.29, 0.717) is 10.3 Å². The van der Waals surface area contributed by atoms with E-state index in [0.717, 1.165) is 0 Å². The van der Waals surface area contributed by atoms with Crippen molar-refractivity contribution in [2.45, 2.75) is 90.4 Å². The smallest absolute Gasteiger partial charge is 0.0175 e. The van der Waals surface area contributed by atoms with E-state index in [2.05, 4.69) is 102 Å². The van der Waals surface area contributed by atoms with Gasteiger partial charge in [0.2, 0.25) is 0 Å². The number of unbranched alkanes of at least 4 members (excludes halogenated alkanes) is 5. The lowest BCUT2D eigenvalue weighted by Gasteiger charge is -2.41. The van der Waals surface area contributed by atoms with E-state index < -0.39 is 0 Å². The topological polar surface area (TPSA) is 0 Å². The van der Waals surface area contributed by atoms with Gasteiger partial charge in [0, 0.05) is 0 Å². The zero-order valence-corrected chi connectivity index (χ0v) is 22.1. The summed E-state index contributed by atoms with van der Waals surface area (Å²) in [6, 6.07) is 22.3. The van der Waals surface area contributed by atoms with Crippen molar-refractivity contribution in [2.24, 2.45) is 0 Å². The summed E-state index contributed by atoms with van der Waals surface area (Å²) >= 11 is 0. The molecule has 2 heteroatoms. The lowest BCUT2D eigenvalue weighted by Crippen LogP contribution is -2.26. The molecule has 0 aliphatic rings. The average molecular weight is 443 g/mol. The Morgan fingerprint density at radius 3 is 1.27 bits per heavy atom.